The van der Waals surface area contributed by atoms with Crippen LogP contribution in [0.15, 0.2) is 85.6 Å². The van der Waals surface area contributed by atoms with Gasteiger partial charge in [-0.3, -0.25) is 14.5 Å². The summed E-state index contributed by atoms with van der Waals surface area (Å²) in [4.78, 5) is 17.0. The fourth-order valence-electron chi connectivity index (χ4n) is 3.80. The van der Waals surface area contributed by atoms with Crippen LogP contribution in [0.25, 0.3) is 22.0 Å². The van der Waals surface area contributed by atoms with Gasteiger partial charge >= 0.3 is 0 Å². The van der Waals surface area contributed by atoms with Gasteiger partial charge in [-0.1, -0.05) is 30.3 Å². The second-order valence-corrected chi connectivity index (χ2v) is 7.59. The van der Waals surface area contributed by atoms with Crippen LogP contribution in [0.3, 0.4) is 0 Å². The molecule has 0 aliphatic carbocycles. The topological polar surface area (TPSA) is 64.7 Å². The first-order valence-corrected chi connectivity index (χ1v) is 10.2. The lowest BCUT2D eigenvalue weighted by Crippen LogP contribution is -2.11. The summed E-state index contributed by atoms with van der Waals surface area (Å²) in [6, 6.07) is 16.3. The highest BCUT2D eigenvalue weighted by Crippen LogP contribution is 2.26. The molecule has 3 heterocycles. The Morgan fingerprint density at radius 3 is 2.66 bits per heavy atom. The Hall–Kier alpha value is -4.26. The zero-order valence-electron chi connectivity index (χ0n) is 17.4. The average Bonchev–Trinajstić information content (AvgIpc) is 3.40. The van der Waals surface area contributed by atoms with Crippen LogP contribution >= 0.6 is 0 Å². The number of aryl methyl sites for hydroxylation is 1. The van der Waals surface area contributed by atoms with E-state index >= 15 is 0 Å². The first kappa shape index (κ1) is 19.7. The molecular formula is C25H20FN5O. The predicted octanol–water partition coefficient (Wildman–Crippen LogP) is 4.88. The molecule has 5 aromatic rings. The highest BCUT2D eigenvalue weighted by Gasteiger charge is 2.16. The molecule has 5 rings (SSSR count). The minimum atomic E-state index is -0.300. The molecule has 0 saturated heterocycles. The lowest BCUT2D eigenvalue weighted by Gasteiger charge is -2.08. The molecule has 6 nitrogen and oxygen atoms in total. The van der Waals surface area contributed by atoms with E-state index in [1.54, 1.807) is 47.7 Å². The lowest BCUT2D eigenvalue weighted by molar-refractivity contribution is 0.102. The summed E-state index contributed by atoms with van der Waals surface area (Å²) in [6.07, 6.45) is 8.57. The van der Waals surface area contributed by atoms with E-state index in [1.807, 2.05) is 48.1 Å². The maximum absolute atomic E-state index is 15.0. The Morgan fingerprint density at radius 2 is 1.91 bits per heavy atom. The van der Waals surface area contributed by atoms with E-state index in [4.69, 9.17) is 0 Å². The number of halogens is 1. The van der Waals surface area contributed by atoms with Crippen LogP contribution in [0.2, 0.25) is 0 Å². The van der Waals surface area contributed by atoms with E-state index in [1.165, 1.54) is 6.07 Å². The molecule has 2 aromatic carbocycles. The summed E-state index contributed by atoms with van der Waals surface area (Å²) in [6.45, 7) is 0.305. The second-order valence-electron chi connectivity index (χ2n) is 7.59. The van der Waals surface area contributed by atoms with Gasteiger partial charge in [-0.15, -0.1) is 0 Å². The number of rotatable bonds is 5. The molecule has 0 unspecified atom stereocenters. The van der Waals surface area contributed by atoms with Crippen LogP contribution in [0.5, 0.6) is 0 Å². The zero-order chi connectivity index (χ0) is 22.1. The molecule has 1 N–H and O–H groups in total. The molecule has 0 spiro atoms. The van der Waals surface area contributed by atoms with Crippen molar-refractivity contribution in [1.29, 1.82) is 0 Å². The predicted molar refractivity (Wildman–Crippen MR) is 122 cm³/mol. The van der Waals surface area contributed by atoms with Crippen molar-refractivity contribution >= 4 is 22.5 Å². The van der Waals surface area contributed by atoms with Crippen LogP contribution in [-0.4, -0.2) is 25.2 Å². The summed E-state index contributed by atoms with van der Waals surface area (Å²) in [5.74, 6) is -0.536. The van der Waals surface area contributed by atoms with Crippen molar-refractivity contribution in [2.75, 3.05) is 5.32 Å². The van der Waals surface area contributed by atoms with E-state index in [0.717, 1.165) is 22.0 Å². The van der Waals surface area contributed by atoms with Crippen molar-refractivity contribution in [3.8, 4) is 11.1 Å². The Morgan fingerprint density at radius 1 is 1.03 bits per heavy atom. The third-order valence-electron chi connectivity index (χ3n) is 5.38. The zero-order valence-corrected chi connectivity index (χ0v) is 17.4. The quantitative estimate of drug-likeness (QED) is 0.437. The summed E-state index contributed by atoms with van der Waals surface area (Å²) < 4.78 is 18.5. The van der Waals surface area contributed by atoms with Crippen LogP contribution in [0, 0.1) is 5.82 Å². The Balaban J connectivity index is 1.47. The van der Waals surface area contributed by atoms with Gasteiger partial charge in [-0.25, -0.2) is 4.39 Å². The van der Waals surface area contributed by atoms with Gasteiger partial charge in [-0.05, 0) is 29.8 Å². The summed E-state index contributed by atoms with van der Waals surface area (Å²) in [7, 11) is 1.83. The van der Waals surface area contributed by atoms with Gasteiger partial charge in [0.1, 0.15) is 5.82 Å². The second kappa shape index (κ2) is 8.11. The fourth-order valence-corrected chi connectivity index (χ4v) is 3.80. The lowest BCUT2D eigenvalue weighted by atomic mass is 10.1. The fraction of sp³-hybridized carbons (Fsp3) is 0.0800. The number of nitrogens with zero attached hydrogens (tertiary/aromatic N) is 4. The number of hydrogen-bond donors (Lipinski definition) is 1. The molecule has 32 heavy (non-hydrogen) atoms. The Kier molecular flexibility index (Phi) is 4.99. The van der Waals surface area contributed by atoms with E-state index in [0.29, 0.717) is 23.4 Å². The van der Waals surface area contributed by atoms with Crippen LogP contribution in [0.4, 0.5) is 10.1 Å². The van der Waals surface area contributed by atoms with Gasteiger partial charge in [-0.2, -0.15) is 5.10 Å². The highest BCUT2D eigenvalue weighted by atomic mass is 19.1. The Bertz CT molecular complexity index is 1420. The van der Waals surface area contributed by atoms with Crippen molar-refractivity contribution in [2.45, 2.75) is 6.54 Å². The first-order chi connectivity index (χ1) is 15.6. The molecule has 7 heteroatoms. The molecule has 0 saturated carbocycles. The number of carbonyl (C=O) groups is 1. The van der Waals surface area contributed by atoms with Crippen molar-refractivity contribution in [3.63, 3.8) is 0 Å². The van der Waals surface area contributed by atoms with Crippen molar-refractivity contribution in [3.05, 3.63) is 103 Å². The molecule has 3 aromatic heterocycles. The summed E-state index contributed by atoms with van der Waals surface area (Å²) in [5.41, 5.74) is 4.17. The Labute approximate surface area is 184 Å². The summed E-state index contributed by atoms with van der Waals surface area (Å²) in [5, 5.41) is 7.82. The summed E-state index contributed by atoms with van der Waals surface area (Å²) >= 11 is 0. The minimum absolute atomic E-state index is 0.236. The molecule has 0 radical (unpaired) electrons. The number of amides is 1. The average molecular weight is 425 g/mol. The third kappa shape index (κ3) is 3.76. The van der Waals surface area contributed by atoms with Gasteiger partial charge in [0.2, 0.25) is 0 Å². The van der Waals surface area contributed by atoms with Crippen LogP contribution < -0.4 is 5.32 Å². The molecule has 0 fully saturated rings. The molecule has 0 aliphatic heterocycles. The number of para-hydroxylation sites is 1. The molecule has 0 bridgehead atoms. The molecular weight excluding hydrogens is 405 g/mol. The van der Waals surface area contributed by atoms with Gasteiger partial charge in [0.05, 0.1) is 30.2 Å². The molecule has 0 atom stereocenters. The van der Waals surface area contributed by atoms with Crippen molar-refractivity contribution < 1.29 is 9.18 Å². The maximum Gasteiger partial charge on any atom is 0.257 e. The van der Waals surface area contributed by atoms with Gasteiger partial charge in [0.25, 0.3) is 5.91 Å². The number of nitrogens with one attached hydrogen (secondary N) is 1. The minimum Gasteiger partial charge on any atom is -0.342 e. The monoisotopic (exact) mass is 425 g/mol. The number of benzene rings is 2. The van der Waals surface area contributed by atoms with Gasteiger partial charge in [0.15, 0.2) is 0 Å². The number of hydrogen-bond acceptors (Lipinski definition) is 3. The largest absolute Gasteiger partial charge is 0.342 e. The van der Waals surface area contributed by atoms with E-state index in [9.17, 15) is 9.18 Å². The van der Waals surface area contributed by atoms with Crippen molar-refractivity contribution in [2.24, 2.45) is 7.05 Å². The molecule has 158 valence electrons. The van der Waals surface area contributed by atoms with E-state index in [-0.39, 0.29) is 11.7 Å². The van der Waals surface area contributed by atoms with Gasteiger partial charge < -0.3 is 9.88 Å². The van der Waals surface area contributed by atoms with Crippen LogP contribution in [0.1, 0.15) is 15.9 Å². The van der Waals surface area contributed by atoms with Gasteiger partial charge in [0, 0.05) is 47.7 Å². The molecule has 0 aliphatic rings. The van der Waals surface area contributed by atoms with E-state index < -0.39 is 0 Å². The first-order valence-electron chi connectivity index (χ1n) is 10.2. The van der Waals surface area contributed by atoms with E-state index in [2.05, 4.69) is 15.4 Å². The number of pyridine rings is 1. The SMILES string of the molecule is Cn1cc(-c2ccc(Cn3cc(C(=O)Nc4cccnc4)c4ccccc43)c(F)c2)cn1. The number of aromatic nitrogens is 4. The third-order valence-corrected chi connectivity index (χ3v) is 5.38. The van der Waals surface area contributed by atoms with Crippen LogP contribution in [-0.2, 0) is 13.6 Å². The smallest absolute Gasteiger partial charge is 0.257 e. The normalized spacial score (nSPS) is 11.1. The standard InChI is InChI=1S/C25H20FN5O/c1-30-14-19(12-28-30)17-8-9-18(23(26)11-17)15-31-16-22(21-6-2-3-7-24(21)31)25(32)29-20-5-4-10-27-13-20/h2-14,16H,15H2,1H3,(H,29,32). The number of carbonyl (C=O) groups excluding carboxylic acids is 1. The molecule has 1 amide bonds. The number of fused-ring (bicyclic) bond motifs is 1. The van der Waals surface area contributed by atoms with Crippen molar-refractivity contribution in [1.82, 2.24) is 19.3 Å². The highest BCUT2D eigenvalue weighted by molar-refractivity contribution is 6.12. The number of anilines is 1. The maximum atomic E-state index is 15.0.